The monoisotopic (exact) mass is 193 g/mol. The molecule has 76 valence electrons. The van der Waals surface area contributed by atoms with Crippen molar-refractivity contribution in [2.45, 2.75) is 25.5 Å². The van der Waals surface area contributed by atoms with Gasteiger partial charge in [0, 0.05) is 17.2 Å². The van der Waals surface area contributed by atoms with E-state index in [1.54, 1.807) is 6.07 Å². The van der Waals surface area contributed by atoms with Crippen LogP contribution >= 0.6 is 0 Å². The van der Waals surface area contributed by atoms with Crippen LogP contribution in [0.1, 0.15) is 30.0 Å². The lowest BCUT2D eigenvalue weighted by molar-refractivity contribution is 0.274. The third-order valence-corrected chi connectivity index (χ3v) is 2.81. The molecule has 0 bridgehead atoms. The van der Waals surface area contributed by atoms with Gasteiger partial charge in [0.05, 0.1) is 6.61 Å². The highest BCUT2D eigenvalue weighted by molar-refractivity contribution is 5.42. The second-order valence-electron chi connectivity index (χ2n) is 3.88. The summed E-state index contributed by atoms with van der Waals surface area (Å²) in [5, 5.41) is 18.8. The van der Waals surface area contributed by atoms with Gasteiger partial charge in [0.1, 0.15) is 5.75 Å². The van der Waals surface area contributed by atoms with Crippen molar-refractivity contribution >= 4 is 0 Å². The predicted molar refractivity (Wildman–Crippen MR) is 53.7 cm³/mol. The standard InChI is InChI=1S/C11H15NO2/c12-10(7-4-5-7)9-3-1-2-8(6-13)11(9)14/h1-3,7,10,13-14H,4-6,12H2. The number of aromatic hydroxyl groups is 1. The van der Waals surface area contributed by atoms with E-state index >= 15 is 0 Å². The number of nitrogens with two attached hydrogens (primary N) is 1. The van der Waals surface area contributed by atoms with E-state index in [1.807, 2.05) is 12.1 Å². The second kappa shape index (κ2) is 3.59. The van der Waals surface area contributed by atoms with Crippen molar-refractivity contribution in [2.75, 3.05) is 0 Å². The van der Waals surface area contributed by atoms with E-state index in [0.29, 0.717) is 11.5 Å². The van der Waals surface area contributed by atoms with Crippen LogP contribution in [0.15, 0.2) is 18.2 Å². The van der Waals surface area contributed by atoms with E-state index in [9.17, 15) is 5.11 Å². The van der Waals surface area contributed by atoms with Crippen LogP contribution in [-0.2, 0) is 6.61 Å². The van der Waals surface area contributed by atoms with Crippen LogP contribution in [0, 0.1) is 5.92 Å². The number of aliphatic hydroxyl groups is 1. The van der Waals surface area contributed by atoms with Gasteiger partial charge in [0.2, 0.25) is 0 Å². The fraction of sp³-hybridized carbons (Fsp3) is 0.455. The average Bonchev–Trinajstić information content (AvgIpc) is 3.00. The molecule has 2 rings (SSSR count). The molecule has 1 unspecified atom stereocenters. The van der Waals surface area contributed by atoms with Gasteiger partial charge in [-0.05, 0) is 18.8 Å². The molecule has 1 aromatic rings. The number of phenols is 1. The molecule has 1 aliphatic carbocycles. The van der Waals surface area contributed by atoms with Crippen molar-refractivity contribution in [3.63, 3.8) is 0 Å². The van der Waals surface area contributed by atoms with Crippen molar-refractivity contribution in [2.24, 2.45) is 11.7 Å². The Morgan fingerprint density at radius 1 is 1.43 bits per heavy atom. The molecular weight excluding hydrogens is 178 g/mol. The first kappa shape index (κ1) is 9.49. The molecule has 3 heteroatoms. The van der Waals surface area contributed by atoms with Crippen molar-refractivity contribution in [3.8, 4) is 5.75 Å². The molecule has 14 heavy (non-hydrogen) atoms. The van der Waals surface area contributed by atoms with Gasteiger partial charge in [-0.2, -0.15) is 0 Å². The van der Waals surface area contributed by atoms with E-state index in [-0.39, 0.29) is 18.4 Å². The minimum atomic E-state index is -0.142. The lowest BCUT2D eigenvalue weighted by atomic mass is 9.99. The zero-order valence-corrected chi connectivity index (χ0v) is 7.98. The maximum Gasteiger partial charge on any atom is 0.125 e. The molecule has 1 saturated carbocycles. The lowest BCUT2D eigenvalue weighted by Crippen LogP contribution is -2.12. The van der Waals surface area contributed by atoms with Gasteiger partial charge in [0.15, 0.2) is 0 Å². The summed E-state index contributed by atoms with van der Waals surface area (Å²) in [5.41, 5.74) is 7.30. The summed E-state index contributed by atoms with van der Waals surface area (Å²) in [7, 11) is 0. The summed E-state index contributed by atoms with van der Waals surface area (Å²) >= 11 is 0. The number of hydrogen-bond acceptors (Lipinski definition) is 3. The first-order valence-electron chi connectivity index (χ1n) is 4.91. The van der Waals surface area contributed by atoms with Crippen LogP contribution in [0.2, 0.25) is 0 Å². The van der Waals surface area contributed by atoms with E-state index < -0.39 is 0 Å². The van der Waals surface area contributed by atoms with Gasteiger partial charge in [-0.1, -0.05) is 18.2 Å². The third-order valence-electron chi connectivity index (χ3n) is 2.81. The van der Waals surface area contributed by atoms with Crippen molar-refractivity contribution < 1.29 is 10.2 Å². The van der Waals surface area contributed by atoms with E-state index in [4.69, 9.17) is 10.8 Å². The van der Waals surface area contributed by atoms with Gasteiger partial charge >= 0.3 is 0 Å². The molecule has 0 heterocycles. The molecule has 1 fully saturated rings. The van der Waals surface area contributed by atoms with Crippen LogP contribution in [0.3, 0.4) is 0 Å². The number of hydrogen-bond donors (Lipinski definition) is 3. The number of benzene rings is 1. The highest BCUT2D eigenvalue weighted by Crippen LogP contribution is 2.42. The Morgan fingerprint density at radius 3 is 2.71 bits per heavy atom. The van der Waals surface area contributed by atoms with Gasteiger partial charge in [-0.15, -0.1) is 0 Å². The van der Waals surface area contributed by atoms with Crippen molar-refractivity contribution in [3.05, 3.63) is 29.3 Å². The minimum Gasteiger partial charge on any atom is -0.507 e. The van der Waals surface area contributed by atoms with Crippen molar-refractivity contribution in [1.82, 2.24) is 0 Å². The predicted octanol–water partition coefficient (Wildman–Crippen LogP) is 1.29. The highest BCUT2D eigenvalue weighted by Gasteiger charge is 2.31. The van der Waals surface area contributed by atoms with Gasteiger partial charge in [-0.3, -0.25) is 0 Å². The first-order chi connectivity index (χ1) is 6.74. The summed E-state index contributed by atoms with van der Waals surface area (Å²) in [4.78, 5) is 0. The Kier molecular flexibility index (Phi) is 2.44. The topological polar surface area (TPSA) is 66.5 Å². The van der Waals surface area contributed by atoms with Gasteiger partial charge in [0.25, 0.3) is 0 Å². The smallest absolute Gasteiger partial charge is 0.125 e. The molecule has 0 aliphatic heterocycles. The Labute approximate surface area is 83.2 Å². The molecule has 3 nitrogen and oxygen atoms in total. The summed E-state index contributed by atoms with van der Waals surface area (Å²) < 4.78 is 0. The SMILES string of the molecule is NC(c1cccc(CO)c1O)C1CC1. The fourth-order valence-corrected chi connectivity index (χ4v) is 1.72. The van der Waals surface area contributed by atoms with Crippen molar-refractivity contribution in [1.29, 1.82) is 0 Å². The number of para-hydroxylation sites is 1. The molecule has 0 radical (unpaired) electrons. The van der Waals surface area contributed by atoms with E-state index in [1.165, 1.54) is 0 Å². The molecule has 0 spiro atoms. The largest absolute Gasteiger partial charge is 0.507 e. The van der Waals surface area contributed by atoms with E-state index in [0.717, 1.165) is 18.4 Å². The average molecular weight is 193 g/mol. The van der Waals surface area contributed by atoms with Crippen LogP contribution in [-0.4, -0.2) is 10.2 Å². The molecule has 1 aromatic carbocycles. The molecule has 1 aliphatic rings. The second-order valence-corrected chi connectivity index (χ2v) is 3.88. The Bertz CT molecular complexity index is 334. The highest BCUT2D eigenvalue weighted by atomic mass is 16.3. The van der Waals surface area contributed by atoms with E-state index in [2.05, 4.69) is 0 Å². The minimum absolute atomic E-state index is 0.0819. The maximum absolute atomic E-state index is 9.80. The van der Waals surface area contributed by atoms with Gasteiger partial charge in [-0.25, -0.2) is 0 Å². The summed E-state index contributed by atoms with van der Waals surface area (Å²) in [5.74, 6) is 0.671. The first-order valence-corrected chi connectivity index (χ1v) is 4.91. The Balaban J connectivity index is 2.31. The molecule has 0 saturated heterocycles. The quantitative estimate of drug-likeness (QED) is 0.677. The van der Waals surface area contributed by atoms with Crippen LogP contribution in [0.5, 0.6) is 5.75 Å². The lowest BCUT2D eigenvalue weighted by Gasteiger charge is -2.14. The summed E-state index contributed by atoms with van der Waals surface area (Å²) in [6.07, 6.45) is 2.29. The molecule has 4 N–H and O–H groups in total. The Morgan fingerprint density at radius 2 is 2.14 bits per heavy atom. The zero-order valence-electron chi connectivity index (χ0n) is 7.98. The number of rotatable bonds is 3. The molecule has 1 atom stereocenters. The molecular formula is C11H15NO2. The van der Waals surface area contributed by atoms with Crippen LogP contribution in [0.4, 0.5) is 0 Å². The van der Waals surface area contributed by atoms with Gasteiger partial charge < -0.3 is 15.9 Å². The summed E-state index contributed by atoms with van der Waals surface area (Å²) in [6, 6.07) is 5.28. The molecule has 0 amide bonds. The molecule has 0 aromatic heterocycles. The third kappa shape index (κ3) is 1.61. The van der Waals surface area contributed by atoms with Crippen LogP contribution < -0.4 is 5.73 Å². The Hall–Kier alpha value is -1.06. The van der Waals surface area contributed by atoms with Crippen LogP contribution in [0.25, 0.3) is 0 Å². The summed E-state index contributed by atoms with van der Waals surface area (Å²) in [6.45, 7) is -0.142. The zero-order chi connectivity index (χ0) is 10.1. The fourth-order valence-electron chi connectivity index (χ4n) is 1.72. The maximum atomic E-state index is 9.80. The number of aliphatic hydroxyl groups excluding tert-OH is 1. The normalized spacial score (nSPS) is 18.1.